The van der Waals surface area contributed by atoms with Crippen LogP contribution in [0.2, 0.25) is 0 Å². The molecule has 0 amide bonds. The Morgan fingerprint density at radius 3 is 2.47 bits per heavy atom. The number of nitrogens with two attached hydrogens (primary N) is 1. The average Bonchev–Trinajstić information content (AvgIpc) is 2.30. The molecule has 2 unspecified atom stereocenters. The van der Waals surface area contributed by atoms with Gasteiger partial charge in [-0.2, -0.15) is 0 Å². The van der Waals surface area contributed by atoms with Crippen LogP contribution >= 0.6 is 0 Å². The smallest absolute Gasteiger partial charge is 0.337 e. The highest BCUT2D eigenvalue weighted by molar-refractivity contribution is 5.97. The third kappa shape index (κ3) is 3.19. The van der Waals surface area contributed by atoms with E-state index in [-0.39, 0.29) is 5.56 Å². The molecule has 0 spiro atoms. The van der Waals surface area contributed by atoms with Crippen molar-refractivity contribution in [3.63, 3.8) is 0 Å². The molecule has 19 heavy (non-hydrogen) atoms. The monoisotopic (exact) mass is 262 g/mol. The zero-order valence-corrected chi connectivity index (χ0v) is 11.5. The molecule has 1 saturated carbocycles. The number of hydrogen-bond donors (Lipinski definition) is 3. The third-order valence-electron chi connectivity index (χ3n) is 3.87. The zero-order valence-electron chi connectivity index (χ0n) is 11.5. The van der Waals surface area contributed by atoms with Gasteiger partial charge < -0.3 is 16.2 Å². The average molecular weight is 262 g/mol. The first-order valence-corrected chi connectivity index (χ1v) is 6.85. The van der Waals surface area contributed by atoms with E-state index in [0.717, 1.165) is 18.5 Å². The number of carboxylic acids is 1. The summed E-state index contributed by atoms with van der Waals surface area (Å²) in [5, 5.41) is 12.5. The van der Waals surface area contributed by atoms with E-state index in [0.29, 0.717) is 23.6 Å². The van der Waals surface area contributed by atoms with Gasteiger partial charge in [-0.25, -0.2) is 4.79 Å². The van der Waals surface area contributed by atoms with Gasteiger partial charge in [-0.1, -0.05) is 19.9 Å². The molecule has 2 rings (SSSR count). The number of nitrogen functional groups attached to an aromatic ring is 1. The summed E-state index contributed by atoms with van der Waals surface area (Å²) >= 11 is 0. The van der Waals surface area contributed by atoms with E-state index in [1.807, 2.05) is 6.07 Å². The summed E-state index contributed by atoms with van der Waals surface area (Å²) in [5.41, 5.74) is 7.17. The van der Waals surface area contributed by atoms with E-state index in [1.165, 1.54) is 12.5 Å². The van der Waals surface area contributed by atoms with E-state index < -0.39 is 5.97 Å². The van der Waals surface area contributed by atoms with Crippen molar-refractivity contribution in [2.24, 2.45) is 11.8 Å². The topological polar surface area (TPSA) is 75.3 Å². The predicted octanol–water partition coefficient (Wildman–Crippen LogP) is 3.20. The summed E-state index contributed by atoms with van der Waals surface area (Å²) in [6.07, 6.45) is 3.49. The van der Waals surface area contributed by atoms with Crippen LogP contribution in [-0.4, -0.2) is 17.1 Å². The van der Waals surface area contributed by atoms with Gasteiger partial charge in [0.1, 0.15) is 0 Å². The zero-order chi connectivity index (χ0) is 14.0. The van der Waals surface area contributed by atoms with E-state index >= 15 is 0 Å². The number of nitrogens with one attached hydrogen (secondary N) is 1. The molecule has 0 radical (unpaired) electrons. The van der Waals surface area contributed by atoms with Crippen LogP contribution in [0.4, 0.5) is 11.4 Å². The highest BCUT2D eigenvalue weighted by Crippen LogP contribution is 2.32. The summed E-state index contributed by atoms with van der Waals surface area (Å²) in [4.78, 5) is 11.1. The van der Waals surface area contributed by atoms with Gasteiger partial charge in [0.15, 0.2) is 0 Å². The fourth-order valence-corrected chi connectivity index (χ4v) is 3.16. The maximum absolute atomic E-state index is 11.1. The Balaban J connectivity index is 2.15. The Bertz CT molecular complexity index is 463. The van der Waals surface area contributed by atoms with Crippen molar-refractivity contribution < 1.29 is 9.90 Å². The summed E-state index contributed by atoms with van der Waals surface area (Å²) < 4.78 is 0. The van der Waals surface area contributed by atoms with Crippen molar-refractivity contribution in [1.82, 2.24) is 0 Å². The van der Waals surface area contributed by atoms with Gasteiger partial charge in [0, 0.05) is 6.04 Å². The minimum Gasteiger partial charge on any atom is -0.478 e. The molecule has 4 nitrogen and oxygen atoms in total. The third-order valence-corrected chi connectivity index (χ3v) is 3.87. The number of hydrogen-bond acceptors (Lipinski definition) is 3. The Labute approximate surface area is 114 Å². The lowest BCUT2D eigenvalue weighted by molar-refractivity contribution is 0.0698. The molecule has 1 aliphatic rings. The SMILES string of the molecule is CC1CC(C)CC(Nc2cccc(C(=O)O)c2N)C1. The lowest BCUT2D eigenvalue weighted by atomic mass is 9.80. The Morgan fingerprint density at radius 1 is 1.26 bits per heavy atom. The largest absolute Gasteiger partial charge is 0.478 e. The van der Waals surface area contributed by atoms with Crippen LogP contribution in [0, 0.1) is 11.8 Å². The summed E-state index contributed by atoms with van der Waals surface area (Å²) in [6.45, 7) is 4.53. The summed E-state index contributed by atoms with van der Waals surface area (Å²) in [7, 11) is 0. The van der Waals surface area contributed by atoms with Crippen LogP contribution in [0.15, 0.2) is 18.2 Å². The van der Waals surface area contributed by atoms with Crippen LogP contribution < -0.4 is 11.1 Å². The number of rotatable bonds is 3. The van der Waals surface area contributed by atoms with Gasteiger partial charge in [0.2, 0.25) is 0 Å². The van der Waals surface area contributed by atoms with E-state index in [2.05, 4.69) is 19.2 Å². The number of carbonyl (C=O) groups is 1. The Hall–Kier alpha value is -1.71. The van der Waals surface area contributed by atoms with Gasteiger partial charge in [0.25, 0.3) is 0 Å². The minimum atomic E-state index is -0.980. The molecule has 0 aromatic heterocycles. The molecule has 1 aromatic rings. The number of para-hydroxylation sites is 1. The molecule has 4 N–H and O–H groups in total. The first-order valence-electron chi connectivity index (χ1n) is 6.85. The second-order valence-corrected chi connectivity index (χ2v) is 5.83. The van der Waals surface area contributed by atoms with E-state index in [1.54, 1.807) is 6.07 Å². The number of benzene rings is 1. The minimum absolute atomic E-state index is 0.168. The summed E-state index contributed by atoms with van der Waals surface area (Å²) in [5.74, 6) is 0.418. The Kier molecular flexibility index (Phi) is 3.98. The fraction of sp³-hybridized carbons (Fsp3) is 0.533. The lowest BCUT2D eigenvalue weighted by Crippen LogP contribution is -2.30. The quantitative estimate of drug-likeness (QED) is 0.731. The van der Waals surface area contributed by atoms with E-state index in [9.17, 15) is 4.79 Å². The second-order valence-electron chi connectivity index (χ2n) is 5.83. The molecule has 1 fully saturated rings. The number of anilines is 2. The first kappa shape index (κ1) is 13.7. The van der Waals surface area contributed by atoms with Crippen molar-refractivity contribution in [1.29, 1.82) is 0 Å². The van der Waals surface area contributed by atoms with Crippen LogP contribution in [-0.2, 0) is 0 Å². The van der Waals surface area contributed by atoms with Crippen molar-refractivity contribution in [3.05, 3.63) is 23.8 Å². The number of aromatic carboxylic acids is 1. The van der Waals surface area contributed by atoms with Crippen molar-refractivity contribution >= 4 is 17.3 Å². The van der Waals surface area contributed by atoms with Gasteiger partial charge >= 0.3 is 5.97 Å². The highest BCUT2D eigenvalue weighted by Gasteiger charge is 2.24. The van der Waals surface area contributed by atoms with Crippen LogP contribution in [0.3, 0.4) is 0 Å². The van der Waals surface area contributed by atoms with Crippen LogP contribution in [0.5, 0.6) is 0 Å². The summed E-state index contributed by atoms with van der Waals surface area (Å²) in [6, 6.07) is 5.50. The van der Waals surface area contributed by atoms with Gasteiger partial charge in [-0.15, -0.1) is 0 Å². The number of carboxylic acid groups (broad SMARTS) is 1. The highest BCUT2D eigenvalue weighted by atomic mass is 16.4. The van der Waals surface area contributed by atoms with Crippen LogP contribution in [0.25, 0.3) is 0 Å². The maximum atomic E-state index is 11.1. The predicted molar refractivity (Wildman–Crippen MR) is 77.4 cm³/mol. The molecule has 0 bridgehead atoms. The van der Waals surface area contributed by atoms with Crippen molar-refractivity contribution in [2.45, 2.75) is 39.2 Å². The molecule has 4 heteroatoms. The normalized spacial score (nSPS) is 26.9. The molecular weight excluding hydrogens is 240 g/mol. The molecule has 0 saturated heterocycles. The van der Waals surface area contributed by atoms with Gasteiger partial charge in [0.05, 0.1) is 16.9 Å². The van der Waals surface area contributed by atoms with Crippen molar-refractivity contribution in [3.8, 4) is 0 Å². The maximum Gasteiger partial charge on any atom is 0.337 e. The lowest BCUT2D eigenvalue weighted by Gasteiger charge is -2.33. The Morgan fingerprint density at radius 2 is 1.89 bits per heavy atom. The molecule has 1 aromatic carbocycles. The first-order chi connectivity index (χ1) is 8.97. The second kappa shape index (κ2) is 5.51. The molecule has 0 aliphatic heterocycles. The van der Waals surface area contributed by atoms with Gasteiger partial charge in [-0.05, 0) is 43.2 Å². The molecule has 104 valence electrons. The van der Waals surface area contributed by atoms with E-state index in [4.69, 9.17) is 10.8 Å². The fourth-order valence-electron chi connectivity index (χ4n) is 3.16. The molecule has 1 aliphatic carbocycles. The van der Waals surface area contributed by atoms with Crippen LogP contribution in [0.1, 0.15) is 43.5 Å². The molecule has 0 heterocycles. The van der Waals surface area contributed by atoms with Gasteiger partial charge in [-0.3, -0.25) is 0 Å². The standard InChI is InChI=1S/C15H22N2O2/c1-9-6-10(2)8-11(7-9)17-13-5-3-4-12(14(13)16)15(18)19/h3-5,9-11,17H,6-8,16H2,1-2H3,(H,18,19). The van der Waals surface area contributed by atoms with Crippen molar-refractivity contribution in [2.75, 3.05) is 11.1 Å². The molecular formula is C15H22N2O2. The molecule has 2 atom stereocenters.